The van der Waals surface area contributed by atoms with E-state index in [4.69, 9.17) is 15.6 Å². The topological polar surface area (TPSA) is 62.9 Å². The number of ether oxygens (including phenoxy) is 1. The van der Waals surface area contributed by atoms with Crippen molar-refractivity contribution < 1.29 is 4.74 Å². The lowest BCUT2D eigenvalue weighted by Gasteiger charge is -2.40. The highest BCUT2D eigenvalue weighted by Gasteiger charge is 2.28. The average molecular weight is 254 g/mol. The quantitative estimate of drug-likeness (QED) is 0.337. The fourth-order valence-electron chi connectivity index (χ4n) is 2.84. The number of hydrazine groups is 1. The zero-order valence-electron chi connectivity index (χ0n) is 11.6. The number of hydrogen-bond donors (Lipinski definition) is 2. The summed E-state index contributed by atoms with van der Waals surface area (Å²) in [5.74, 6) is 6.53. The first-order valence-corrected chi connectivity index (χ1v) is 7.17. The van der Waals surface area contributed by atoms with Crippen molar-refractivity contribution in [3.05, 3.63) is 0 Å². The molecule has 2 rings (SSSR count). The van der Waals surface area contributed by atoms with Gasteiger partial charge >= 0.3 is 0 Å². The molecule has 0 radical (unpaired) electrons. The van der Waals surface area contributed by atoms with E-state index in [0.29, 0.717) is 12.1 Å². The lowest BCUT2D eigenvalue weighted by Crippen LogP contribution is -2.56. The van der Waals surface area contributed by atoms with Crippen molar-refractivity contribution in [2.45, 2.75) is 64.1 Å². The largest absolute Gasteiger partial charge is 0.375 e. The molecule has 1 saturated carbocycles. The molecule has 1 saturated heterocycles. The number of guanidine groups is 1. The third-order valence-electron chi connectivity index (χ3n) is 3.97. The van der Waals surface area contributed by atoms with Crippen molar-refractivity contribution >= 4 is 5.96 Å². The van der Waals surface area contributed by atoms with Crippen molar-refractivity contribution in [3.63, 3.8) is 0 Å². The summed E-state index contributed by atoms with van der Waals surface area (Å²) in [5.41, 5.74) is 2.80. The van der Waals surface area contributed by atoms with Crippen LogP contribution in [0.1, 0.15) is 46.0 Å². The molecule has 2 atom stereocenters. The molecule has 3 N–H and O–H groups in total. The number of morpholine rings is 1. The van der Waals surface area contributed by atoms with Gasteiger partial charge < -0.3 is 9.64 Å². The third-order valence-corrected chi connectivity index (χ3v) is 3.97. The fraction of sp³-hybridized carbons (Fsp3) is 0.923. The Morgan fingerprint density at radius 2 is 2.17 bits per heavy atom. The smallest absolute Gasteiger partial charge is 0.209 e. The summed E-state index contributed by atoms with van der Waals surface area (Å²) in [6.07, 6.45) is 6.28. The van der Waals surface area contributed by atoms with Crippen molar-refractivity contribution in [1.82, 2.24) is 10.3 Å². The molecular formula is C13H26N4O. The van der Waals surface area contributed by atoms with Crippen LogP contribution in [0.5, 0.6) is 0 Å². The molecule has 2 fully saturated rings. The van der Waals surface area contributed by atoms with Crippen molar-refractivity contribution in [3.8, 4) is 0 Å². The molecule has 2 unspecified atom stereocenters. The van der Waals surface area contributed by atoms with E-state index in [1.165, 1.54) is 25.7 Å². The number of nitrogens with zero attached hydrogens (tertiary/aromatic N) is 2. The molecule has 0 aromatic carbocycles. The molecule has 1 aliphatic heterocycles. The van der Waals surface area contributed by atoms with E-state index < -0.39 is 0 Å². The van der Waals surface area contributed by atoms with E-state index in [0.717, 1.165) is 25.5 Å². The molecular weight excluding hydrogens is 228 g/mol. The van der Waals surface area contributed by atoms with Gasteiger partial charge in [0.25, 0.3) is 0 Å². The van der Waals surface area contributed by atoms with Crippen LogP contribution in [0.25, 0.3) is 0 Å². The summed E-state index contributed by atoms with van der Waals surface area (Å²) in [7, 11) is 0. The van der Waals surface area contributed by atoms with Gasteiger partial charge in [-0.2, -0.15) is 0 Å². The van der Waals surface area contributed by atoms with Crippen LogP contribution in [0.4, 0.5) is 0 Å². The van der Waals surface area contributed by atoms with Gasteiger partial charge in [-0.15, -0.1) is 0 Å². The van der Waals surface area contributed by atoms with E-state index in [2.05, 4.69) is 24.2 Å². The highest BCUT2D eigenvalue weighted by atomic mass is 16.5. The van der Waals surface area contributed by atoms with Crippen molar-refractivity contribution in [1.29, 1.82) is 0 Å². The van der Waals surface area contributed by atoms with E-state index in [1.807, 2.05) is 0 Å². The summed E-state index contributed by atoms with van der Waals surface area (Å²) in [5, 5.41) is 0. The molecule has 104 valence electrons. The van der Waals surface area contributed by atoms with Crippen LogP contribution in [-0.4, -0.2) is 42.2 Å². The van der Waals surface area contributed by atoms with Crippen LogP contribution in [0, 0.1) is 0 Å². The summed E-state index contributed by atoms with van der Waals surface area (Å²) >= 11 is 0. The minimum Gasteiger partial charge on any atom is -0.375 e. The Labute approximate surface area is 110 Å². The van der Waals surface area contributed by atoms with Gasteiger partial charge in [-0.1, -0.05) is 19.8 Å². The summed E-state index contributed by atoms with van der Waals surface area (Å²) in [6.45, 7) is 5.92. The van der Waals surface area contributed by atoms with Gasteiger partial charge in [0, 0.05) is 6.54 Å². The van der Waals surface area contributed by atoms with Crippen molar-refractivity contribution in [2.75, 3.05) is 13.2 Å². The maximum Gasteiger partial charge on any atom is 0.209 e. The predicted octanol–water partition coefficient (Wildman–Crippen LogP) is 1.25. The van der Waals surface area contributed by atoms with Gasteiger partial charge in [0.2, 0.25) is 5.96 Å². The Morgan fingerprint density at radius 1 is 1.44 bits per heavy atom. The Balaban J connectivity index is 2.07. The van der Waals surface area contributed by atoms with Gasteiger partial charge in [-0.05, 0) is 26.2 Å². The third kappa shape index (κ3) is 3.14. The first-order chi connectivity index (χ1) is 8.74. The second-order valence-electron chi connectivity index (χ2n) is 5.39. The van der Waals surface area contributed by atoms with Gasteiger partial charge in [0.15, 0.2) is 0 Å². The summed E-state index contributed by atoms with van der Waals surface area (Å²) in [4.78, 5) is 7.09. The molecule has 0 amide bonds. The Morgan fingerprint density at radius 3 is 2.78 bits per heavy atom. The summed E-state index contributed by atoms with van der Waals surface area (Å²) < 4.78 is 5.71. The number of rotatable bonds is 2. The molecule has 0 aromatic rings. The minimum atomic E-state index is 0.245. The van der Waals surface area contributed by atoms with Crippen LogP contribution in [-0.2, 0) is 4.74 Å². The van der Waals surface area contributed by atoms with E-state index in [9.17, 15) is 0 Å². The molecule has 5 nitrogen and oxygen atoms in total. The number of nitrogens with two attached hydrogens (primary N) is 1. The number of hydrogen-bond acceptors (Lipinski definition) is 3. The van der Waals surface area contributed by atoms with E-state index in [-0.39, 0.29) is 6.10 Å². The van der Waals surface area contributed by atoms with Crippen LogP contribution in [0.15, 0.2) is 4.99 Å². The van der Waals surface area contributed by atoms with Gasteiger partial charge in [-0.25, -0.2) is 10.8 Å². The highest BCUT2D eigenvalue weighted by Crippen LogP contribution is 2.22. The second-order valence-corrected chi connectivity index (χ2v) is 5.39. The van der Waals surface area contributed by atoms with E-state index in [1.54, 1.807) is 0 Å². The first-order valence-electron chi connectivity index (χ1n) is 7.17. The highest BCUT2D eigenvalue weighted by molar-refractivity contribution is 5.80. The van der Waals surface area contributed by atoms with Gasteiger partial charge in [0.1, 0.15) is 0 Å². The molecule has 2 aliphatic rings. The monoisotopic (exact) mass is 254 g/mol. The standard InChI is InChI=1S/C13H26N4O/c1-3-12-9-18-10(2)8-17(12)13(16-14)15-11-6-4-5-7-11/h10-12H,3-9,14H2,1-2H3,(H,15,16). The molecule has 1 heterocycles. The Bertz CT molecular complexity index is 289. The lowest BCUT2D eigenvalue weighted by molar-refractivity contribution is -0.0298. The lowest BCUT2D eigenvalue weighted by atomic mass is 10.1. The fourth-order valence-corrected chi connectivity index (χ4v) is 2.84. The van der Waals surface area contributed by atoms with Crippen molar-refractivity contribution in [2.24, 2.45) is 10.8 Å². The number of aliphatic imine (C=N–C) groups is 1. The van der Waals surface area contributed by atoms with Gasteiger partial charge in [0.05, 0.1) is 24.8 Å². The van der Waals surface area contributed by atoms with Gasteiger partial charge in [-0.3, -0.25) is 5.43 Å². The van der Waals surface area contributed by atoms with Crippen LogP contribution in [0.3, 0.4) is 0 Å². The first kappa shape index (κ1) is 13.6. The summed E-state index contributed by atoms with van der Waals surface area (Å²) in [6, 6.07) is 0.837. The minimum absolute atomic E-state index is 0.245. The Kier molecular flexibility index (Phi) is 4.83. The molecule has 18 heavy (non-hydrogen) atoms. The Hall–Kier alpha value is -0.810. The van der Waals surface area contributed by atoms with Crippen LogP contribution >= 0.6 is 0 Å². The maximum absolute atomic E-state index is 5.71. The number of nitrogens with one attached hydrogen (secondary N) is 1. The van der Waals surface area contributed by atoms with E-state index >= 15 is 0 Å². The second kappa shape index (κ2) is 6.38. The zero-order chi connectivity index (χ0) is 13.0. The predicted molar refractivity (Wildman–Crippen MR) is 73.2 cm³/mol. The molecule has 0 spiro atoms. The van der Waals surface area contributed by atoms with Crippen LogP contribution in [0.2, 0.25) is 0 Å². The molecule has 5 heteroatoms. The molecule has 1 aliphatic carbocycles. The molecule has 0 bridgehead atoms. The zero-order valence-corrected chi connectivity index (χ0v) is 11.6. The normalized spacial score (nSPS) is 30.8. The van der Waals surface area contributed by atoms with Crippen LogP contribution < -0.4 is 11.3 Å². The SMILES string of the molecule is CCC1COC(C)CN1C(=NC1CCCC1)NN. The average Bonchev–Trinajstić information content (AvgIpc) is 2.88. The molecule has 0 aromatic heterocycles. The maximum atomic E-state index is 5.71.